The molecule has 2 unspecified atom stereocenters. The summed E-state index contributed by atoms with van der Waals surface area (Å²) in [7, 11) is 4.27. The maximum atomic E-state index is 2.41. The Morgan fingerprint density at radius 3 is 1.25 bits per heavy atom. The van der Waals surface area contributed by atoms with E-state index in [1.807, 2.05) is 0 Å². The highest BCUT2D eigenvalue weighted by molar-refractivity contribution is 8.77. The second-order valence-electron chi connectivity index (χ2n) is 6.22. The maximum Gasteiger partial charge on any atom is 0.0123 e. The second kappa shape index (κ2) is 16.1. The smallest absolute Gasteiger partial charge is 0.0123 e. The van der Waals surface area contributed by atoms with Crippen LogP contribution in [-0.2, 0) is 0 Å². The summed E-state index contributed by atoms with van der Waals surface area (Å²) in [4.78, 5) is 0. The molecule has 0 saturated carbocycles. The number of hydrogen-bond acceptors (Lipinski definition) is 2. The van der Waals surface area contributed by atoms with E-state index in [0.717, 1.165) is 10.5 Å². The molecule has 0 nitrogen and oxygen atoms in total. The third-order valence-corrected chi connectivity index (χ3v) is 7.36. The van der Waals surface area contributed by atoms with E-state index in [2.05, 4.69) is 49.3 Å². The van der Waals surface area contributed by atoms with Crippen molar-refractivity contribution in [2.75, 3.05) is 0 Å². The Morgan fingerprint density at radius 1 is 0.550 bits per heavy atom. The molecule has 0 aliphatic heterocycles. The Bertz CT molecular complexity index is 162. The molecule has 0 spiro atoms. The van der Waals surface area contributed by atoms with E-state index < -0.39 is 0 Å². The fraction of sp³-hybridized carbons (Fsp3) is 1.00. The SMILES string of the molecule is CCCCCCCC(C)SSC(C)CCCCCCC. The van der Waals surface area contributed by atoms with Crippen LogP contribution in [0.15, 0.2) is 0 Å². The lowest BCUT2D eigenvalue weighted by Gasteiger charge is -2.14. The van der Waals surface area contributed by atoms with Crippen molar-refractivity contribution in [3.63, 3.8) is 0 Å². The summed E-state index contributed by atoms with van der Waals surface area (Å²) in [6, 6.07) is 0. The highest BCUT2D eigenvalue weighted by Crippen LogP contribution is 2.35. The van der Waals surface area contributed by atoms with Gasteiger partial charge in [0.1, 0.15) is 0 Å². The van der Waals surface area contributed by atoms with Crippen LogP contribution in [-0.4, -0.2) is 10.5 Å². The van der Waals surface area contributed by atoms with E-state index in [9.17, 15) is 0 Å². The molecule has 122 valence electrons. The van der Waals surface area contributed by atoms with Crippen molar-refractivity contribution in [3.8, 4) is 0 Å². The minimum Gasteiger partial charge on any atom is -0.0907 e. The van der Waals surface area contributed by atoms with Crippen molar-refractivity contribution in [2.24, 2.45) is 0 Å². The van der Waals surface area contributed by atoms with Gasteiger partial charge in [-0.3, -0.25) is 0 Å². The molecule has 0 bridgehead atoms. The summed E-state index contributed by atoms with van der Waals surface area (Å²) >= 11 is 0. The third-order valence-electron chi connectivity index (χ3n) is 3.81. The zero-order valence-corrected chi connectivity index (χ0v) is 16.1. The molecule has 0 rings (SSSR count). The average Bonchev–Trinajstić information content (AvgIpc) is 2.44. The van der Waals surface area contributed by atoms with Crippen molar-refractivity contribution in [1.29, 1.82) is 0 Å². The Labute approximate surface area is 137 Å². The van der Waals surface area contributed by atoms with Crippen LogP contribution in [0.2, 0.25) is 0 Å². The molecule has 0 radical (unpaired) electrons. The number of rotatable bonds is 15. The van der Waals surface area contributed by atoms with Crippen molar-refractivity contribution in [1.82, 2.24) is 0 Å². The lowest BCUT2D eigenvalue weighted by molar-refractivity contribution is 0.606. The molecule has 0 aliphatic rings. The van der Waals surface area contributed by atoms with Crippen LogP contribution in [0, 0.1) is 0 Å². The van der Waals surface area contributed by atoms with Crippen LogP contribution in [0.1, 0.15) is 105 Å². The molecule has 0 fully saturated rings. The third kappa shape index (κ3) is 15.1. The first-order chi connectivity index (χ1) is 9.70. The van der Waals surface area contributed by atoms with E-state index in [4.69, 9.17) is 0 Å². The molecule has 2 atom stereocenters. The quantitative estimate of drug-likeness (QED) is 0.222. The molecule has 0 saturated heterocycles. The molecule has 0 aromatic carbocycles. The average molecular weight is 319 g/mol. The maximum absolute atomic E-state index is 2.41. The van der Waals surface area contributed by atoms with Gasteiger partial charge in [0.15, 0.2) is 0 Å². The van der Waals surface area contributed by atoms with Crippen LogP contribution in [0.3, 0.4) is 0 Å². The standard InChI is InChI=1S/C18H38S2/c1-5-7-9-11-13-15-17(3)19-20-18(4)16-14-12-10-8-6-2/h17-18H,5-16H2,1-4H3. The summed E-state index contributed by atoms with van der Waals surface area (Å²) in [5, 5.41) is 1.67. The fourth-order valence-electron chi connectivity index (χ4n) is 2.36. The van der Waals surface area contributed by atoms with Crippen LogP contribution in [0.25, 0.3) is 0 Å². The van der Waals surface area contributed by atoms with Gasteiger partial charge in [0, 0.05) is 10.5 Å². The fourth-order valence-corrected chi connectivity index (χ4v) is 4.98. The lowest BCUT2D eigenvalue weighted by Crippen LogP contribution is -1.98. The first-order valence-corrected chi connectivity index (χ1v) is 11.3. The molecule has 2 heteroatoms. The molecule has 0 aromatic rings. The van der Waals surface area contributed by atoms with Gasteiger partial charge >= 0.3 is 0 Å². The molecule has 0 aromatic heterocycles. The van der Waals surface area contributed by atoms with Crippen LogP contribution < -0.4 is 0 Å². The highest BCUT2D eigenvalue weighted by atomic mass is 33.1. The van der Waals surface area contributed by atoms with Gasteiger partial charge in [0.25, 0.3) is 0 Å². The van der Waals surface area contributed by atoms with Gasteiger partial charge < -0.3 is 0 Å². The van der Waals surface area contributed by atoms with E-state index in [0.29, 0.717) is 0 Å². The van der Waals surface area contributed by atoms with Gasteiger partial charge in [-0.1, -0.05) is 113 Å². The molecule has 0 amide bonds. The minimum atomic E-state index is 0.837. The van der Waals surface area contributed by atoms with E-state index >= 15 is 0 Å². The molecule has 20 heavy (non-hydrogen) atoms. The Morgan fingerprint density at radius 2 is 0.900 bits per heavy atom. The normalized spacial score (nSPS) is 14.4. The van der Waals surface area contributed by atoms with E-state index in [1.165, 1.54) is 77.0 Å². The summed E-state index contributed by atoms with van der Waals surface area (Å²) in [5.41, 5.74) is 0. The molecular weight excluding hydrogens is 280 g/mol. The Kier molecular flexibility index (Phi) is 16.6. The van der Waals surface area contributed by atoms with Gasteiger partial charge in [-0.15, -0.1) is 0 Å². The van der Waals surface area contributed by atoms with E-state index in [1.54, 1.807) is 0 Å². The lowest BCUT2D eigenvalue weighted by atomic mass is 10.1. The van der Waals surface area contributed by atoms with Crippen molar-refractivity contribution >= 4 is 21.6 Å². The van der Waals surface area contributed by atoms with E-state index in [-0.39, 0.29) is 0 Å². The van der Waals surface area contributed by atoms with Crippen LogP contribution in [0.4, 0.5) is 0 Å². The van der Waals surface area contributed by atoms with Gasteiger partial charge in [-0.05, 0) is 12.8 Å². The van der Waals surface area contributed by atoms with Crippen LogP contribution >= 0.6 is 21.6 Å². The molecule has 0 aliphatic carbocycles. The van der Waals surface area contributed by atoms with Crippen molar-refractivity contribution in [2.45, 2.75) is 115 Å². The summed E-state index contributed by atoms with van der Waals surface area (Å²) in [5.74, 6) is 0. The predicted octanol–water partition coefficient (Wildman–Crippen LogP) is 7.87. The number of hydrogen-bond donors (Lipinski definition) is 0. The zero-order valence-electron chi connectivity index (χ0n) is 14.5. The monoisotopic (exact) mass is 318 g/mol. The Balaban J connectivity index is 3.32. The molecule has 0 N–H and O–H groups in total. The minimum absolute atomic E-state index is 0.837. The number of unbranched alkanes of at least 4 members (excludes halogenated alkanes) is 8. The van der Waals surface area contributed by atoms with Crippen molar-refractivity contribution < 1.29 is 0 Å². The second-order valence-corrected chi connectivity index (χ2v) is 9.37. The van der Waals surface area contributed by atoms with Crippen molar-refractivity contribution in [3.05, 3.63) is 0 Å². The summed E-state index contributed by atoms with van der Waals surface area (Å²) in [6.07, 6.45) is 17.0. The summed E-state index contributed by atoms with van der Waals surface area (Å²) < 4.78 is 0. The van der Waals surface area contributed by atoms with Gasteiger partial charge in [0.2, 0.25) is 0 Å². The first-order valence-electron chi connectivity index (χ1n) is 9.02. The summed E-state index contributed by atoms with van der Waals surface area (Å²) in [6.45, 7) is 9.40. The van der Waals surface area contributed by atoms with Crippen LogP contribution in [0.5, 0.6) is 0 Å². The first kappa shape index (κ1) is 20.7. The topological polar surface area (TPSA) is 0 Å². The molecular formula is C18H38S2. The zero-order chi connectivity index (χ0) is 15.1. The largest absolute Gasteiger partial charge is 0.0907 e. The molecule has 0 heterocycles. The predicted molar refractivity (Wildman–Crippen MR) is 101 cm³/mol. The highest BCUT2D eigenvalue weighted by Gasteiger charge is 2.08. The van der Waals surface area contributed by atoms with Gasteiger partial charge in [0.05, 0.1) is 0 Å². The van der Waals surface area contributed by atoms with Gasteiger partial charge in [-0.25, -0.2) is 0 Å². The van der Waals surface area contributed by atoms with Gasteiger partial charge in [-0.2, -0.15) is 0 Å². The Hall–Kier alpha value is 0.700.